The molecule has 0 aliphatic rings. The lowest BCUT2D eigenvalue weighted by atomic mass is 9.96. The summed E-state index contributed by atoms with van der Waals surface area (Å²) in [6.45, 7) is 10.9. The molecule has 0 aromatic heterocycles. The van der Waals surface area contributed by atoms with Gasteiger partial charge in [-0.1, -0.05) is 13.8 Å². The molecule has 4 nitrogen and oxygen atoms in total. The van der Waals surface area contributed by atoms with Crippen molar-refractivity contribution in [2.24, 2.45) is 5.73 Å². The van der Waals surface area contributed by atoms with Crippen LogP contribution >= 0.6 is 0 Å². The minimum atomic E-state index is -0.0704. The van der Waals surface area contributed by atoms with Crippen molar-refractivity contribution in [1.82, 2.24) is 9.80 Å². The molecule has 0 aliphatic heterocycles. The van der Waals surface area contributed by atoms with Gasteiger partial charge in [0.15, 0.2) is 0 Å². The predicted molar refractivity (Wildman–Crippen MR) is 68.3 cm³/mol. The van der Waals surface area contributed by atoms with Crippen LogP contribution < -0.4 is 5.73 Å². The summed E-state index contributed by atoms with van der Waals surface area (Å²) in [7, 11) is 1.84. The van der Waals surface area contributed by atoms with Crippen LogP contribution in [-0.4, -0.2) is 54.5 Å². The summed E-state index contributed by atoms with van der Waals surface area (Å²) < 4.78 is 0. The Hall–Kier alpha value is -0.610. The summed E-state index contributed by atoms with van der Waals surface area (Å²) >= 11 is 0. The smallest absolute Gasteiger partial charge is 0.236 e. The van der Waals surface area contributed by atoms with Crippen LogP contribution in [0.2, 0.25) is 0 Å². The number of rotatable bonds is 7. The third-order valence-corrected chi connectivity index (χ3v) is 3.57. The van der Waals surface area contributed by atoms with Crippen LogP contribution in [0.15, 0.2) is 0 Å². The van der Waals surface area contributed by atoms with E-state index in [1.165, 1.54) is 0 Å². The first-order chi connectivity index (χ1) is 7.45. The summed E-state index contributed by atoms with van der Waals surface area (Å²) in [6, 6.07) is 0. The zero-order valence-corrected chi connectivity index (χ0v) is 11.4. The first kappa shape index (κ1) is 15.4. The average molecular weight is 229 g/mol. The zero-order chi connectivity index (χ0) is 12.8. The lowest BCUT2D eigenvalue weighted by Crippen LogP contribution is -2.54. The highest BCUT2D eigenvalue weighted by atomic mass is 16.2. The zero-order valence-electron chi connectivity index (χ0n) is 11.4. The topological polar surface area (TPSA) is 49.6 Å². The van der Waals surface area contributed by atoms with Crippen LogP contribution in [0.5, 0.6) is 0 Å². The Kier molecular flexibility index (Phi) is 6.60. The van der Waals surface area contributed by atoms with Gasteiger partial charge in [-0.05, 0) is 26.8 Å². The third kappa shape index (κ3) is 3.76. The minimum Gasteiger partial charge on any atom is -0.345 e. The summed E-state index contributed by atoms with van der Waals surface area (Å²) in [4.78, 5) is 15.8. The molecule has 0 bridgehead atoms. The molecule has 16 heavy (non-hydrogen) atoms. The van der Waals surface area contributed by atoms with E-state index in [1.807, 2.05) is 14.0 Å². The highest BCUT2D eigenvalue weighted by molar-refractivity contribution is 5.78. The third-order valence-electron chi connectivity index (χ3n) is 3.57. The average Bonchev–Trinajstić information content (AvgIpc) is 2.33. The van der Waals surface area contributed by atoms with Crippen molar-refractivity contribution < 1.29 is 4.79 Å². The second-order valence-electron chi connectivity index (χ2n) is 4.48. The number of amides is 1. The predicted octanol–water partition coefficient (Wildman–Crippen LogP) is 0.914. The van der Waals surface area contributed by atoms with Gasteiger partial charge in [0.25, 0.3) is 0 Å². The molecule has 1 amide bonds. The van der Waals surface area contributed by atoms with Crippen LogP contribution in [0.4, 0.5) is 0 Å². The maximum atomic E-state index is 11.9. The Bertz CT molecular complexity index is 214. The maximum absolute atomic E-state index is 11.9. The van der Waals surface area contributed by atoms with Crippen LogP contribution in [0, 0.1) is 0 Å². The fourth-order valence-electron chi connectivity index (χ4n) is 1.64. The Labute approximate surface area is 99.8 Å². The van der Waals surface area contributed by atoms with Gasteiger partial charge in [-0.2, -0.15) is 0 Å². The number of likely N-dealkylation sites (N-methyl/N-ethyl adjacent to an activating group) is 2. The van der Waals surface area contributed by atoms with Gasteiger partial charge < -0.3 is 10.6 Å². The number of hydrogen-bond acceptors (Lipinski definition) is 3. The standard InChI is InChI=1S/C12H27N3O/c1-6-12(4,10-13)15(8-3)9-11(16)14(5)7-2/h6-10,13H2,1-5H3. The van der Waals surface area contributed by atoms with E-state index >= 15 is 0 Å². The van der Waals surface area contributed by atoms with Crippen LogP contribution in [0.25, 0.3) is 0 Å². The van der Waals surface area contributed by atoms with E-state index in [0.717, 1.165) is 19.5 Å². The number of carbonyl (C=O) groups is 1. The highest BCUT2D eigenvalue weighted by Gasteiger charge is 2.29. The fourth-order valence-corrected chi connectivity index (χ4v) is 1.64. The van der Waals surface area contributed by atoms with Crippen LogP contribution in [0.3, 0.4) is 0 Å². The maximum Gasteiger partial charge on any atom is 0.236 e. The molecule has 0 fully saturated rings. The molecule has 96 valence electrons. The Balaban J connectivity index is 4.57. The molecule has 0 saturated heterocycles. The minimum absolute atomic E-state index is 0.0704. The number of carbonyl (C=O) groups excluding carboxylic acids is 1. The second-order valence-corrected chi connectivity index (χ2v) is 4.48. The van der Waals surface area contributed by atoms with Gasteiger partial charge in [-0.3, -0.25) is 9.69 Å². The first-order valence-electron chi connectivity index (χ1n) is 6.14. The molecular formula is C12H27N3O. The molecule has 0 aliphatic carbocycles. The van der Waals surface area contributed by atoms with Crippen molar-refractivity contribution in [3.63, 3.8) is 0 Å². The van der Waals surface area contributed by atoms with E-state index in [-0.39, 0.29) is 11.4 Å². The summed E-state index contributed by atoms with van der Waals surface area (Å²) in [5.74, 6) is 0.164. The molecule has 0 heterocycles. The van der Waals surface area contributed by atoms with Crippen molar-refractivity contribution >= 4 is 5.91 Å². The molecule has 2 N–H and O–H groups in total. The summed E-state index contributed by atoms with van der Waals surface area (Å²) in [5, 5.41) is 0. The summed E-state index contributed by atoms with van der Waals surface area (Å²) in [5.41, 5.74) is 5.74. The Morgan fingerprint density at radius 2 is 1.81 bits per heavy atom. The van der Waals surface area contributed by atoms with Crippen LogP contribution in [-0.2, 0) is 4.79 Å². The van der Waals surface area contributed by atoms with E-state index in [1.54, 1.807) is 4.90 Å². The fraction of sp³-hybridized carbons (Fsp3) is 0.917. The molecule has 0 rings (SSSR count). The highest BCUT2D eigenvalue weighted by Crippen LogP contribution is 2.17. The van der Waals surface area contributed by atoms with Crippen molar-refractivity contribution in [3.05, 3.63) is 0 Å². The Morgan fingerprint density at radius 3 is 2.12 bits per heavy atom. The molecule has 1 atom stereocenters. The van der Waals surface area contributed by atoms with Crippen LogP contribution in [0.1, 0.15) is 34.1 Å². The van der Waals surface area contributed by atoms with Gasteiger partial charge >= 0.3 is 0 Å². The van der Waals surface area contributed by atoms with Gasteiger partial charge in [-0.15, -0.1) is 0 Å². The van der Waals surface area contributed by atoms with E-state index in [2.05, 4.69) is 25.7 Å². The molecular weight excluding hydrogens is 202 g/mol. The normalized spacial score (nSPS) is 14.9. The van der Waals surface area contributed by atoms with E-state index in [9.17, 15) is 4.79 Å². The van der Waals surface area contributed by atoms with Gasteiger partial charge in [0.1, 0.15) is 0 Å². The molecule has 4 heteroatoms. The van der Waals surface area contributed by atoms with E-state index in [0.29, 0.717) is 13.1 Å². The first-order valence-corrected chi connectivity index (χ1v) is 6.14. The lowest BCUT2D eigenvalue weighted by molar-refractivity contribution is -0.132. The Morgan fingerprint density at radius 1 is 1.25 bits per heavy atom. The lowest BCUT2D eigenvalue weighted by Gasteiger charge is -2.39. The molecule has 0 radical (unpaired) electrons. The van der Waals surface area contributed by atoms with E-state index < -0.39 is 0 Å². The number of hydrogen-bond donors (Lipinski definition) is 1. The van der Waals surface area contributed by atoms with Crippen molar-refractivity contribution in [2.45, 2.75) is 39.7 Å². The SMILES string of the molecule is CCN(C)C(=O)CN(CC)C(C)(CC)CN. The van der Waals surface area contributed by atoms with Gasteiger partial charge in [0.05, 0.1) is 6.54 Å². The number of nitrogens with zero attached hydrogens (tertiary/aromatic N) is 2. The van der Waals surface area contributed by atoms with Gasteiger partial charge in [0, 0.05) is 25.7 Å². The van der Waals surface area contributed by atoms with Crippen molar-refractivity contribution in [3.8, 4) is 0 Å². The van der Waals surface area contributed by atoms with Crippen molar-refractivity contribution in [1.29, 1.82) is 0 Å². The largest absolute Gasteiger partial charge is 0.345 e. The molecule has 0 aromatic rings. The molecule has 0 aromatic carbocycles. The number of nitrogens with two attached hydrogens (primary N) is 1. The van der Waals surface area contributed by atoms with Gasteiger partial charge in [0.2, 0.25) is 5.91 Å². The molecule has 1 unspecified atom stereocenters. The van der Waals surface area contributed by atoms with Gasteiger partial charge in [-0.25, -0.2) is 0 Å². The van der Waals surface area contributed by atoms with E-state index in [4.69, 9.17) is 5.73 Å². The van der Waals surface area contributed by atoms with Crippen molar-refractivity contribution in [2.75, 3.05) is 33.2 Å². The quantitative estimate of drug-likeness (QED) is 0.706. The monoisotopic (exact) mass is 229 g/mol. The molecule has 0 saturated carbocycles. The second kappa shape index (κ2) is 6.86. The summed E-state index contributed by atoms with van der Waals surface area (Å²) in [6.07, 6.45) is 0.959. The molecule has 0 spiro atoms.